The third-order valence-corrected chi connectivity index (χ3v) is 4.43. The molecule has 0 fully saturated rings. The monoisotopic (exact) mass is 316 g/mol. The predicted molar refractivity (Wildman–Crippen MR) is 72.3 cm³/mol. The minimum absolute atomic E-state index is 0.618. The van der Waals surface area contributed by atoms with Crippen LogP contribution in [-0.4, -0.2) is 5.11 Å². The van der Waals surface area contributed by atoms with Gasteiger partial charge in [-0.05, 0) is 42.1 Å². The summed E-state index contributed by atoms with van der Waals surface area (Å²) in [7, 11) is 0. The Hall–Kier alpha value is -0.350. The molecule has 0 radical (unpaired) electrons. The zero-order valence-electron chi connectivity index (χ0n) is 8.58. The van der Waals surface area contributed by atoms with Crippen LogP contribution in [0.25, 0.3) is 0 Å². The van der Waals surface area contributed by atoms with Crippen molar-refractivity contribution in [2.45, 2.75) is 13.0 Å². The first-order valence-electron chi connectivity index (χ1n) is 4.76. The number of benzene rings is 1. The molecule has 1 aromatic heterocycles. The molecule has 1 N–H and O–H groups in total. The van der Waals surface area contributed by atoms with Gasteiger partial charge >= 0.3 is 0 Å². The fourth-order valence-corrected chi connectivity index (χ4v) is 3.10. The maximum absolute atomic E-state index is 10.3. The summed E-state index contributed by atoms with van der Waals surface area (Å²) in [6.45, 7) is 1.99. The lowest BCUT2D eigenvalue weighted by Gasteiger charge is -2.12. The Labute approximate surface area is 112 Å². The van der Waals surface area contributed by atoms with Crippen LogP contribution in [0.4, 0.5) is 0 Å². The normalized spacial score (nSPS) is 12.8. The molecule has 1 unspecified atom stereocenters. The highest BCUT2D eigenvalue weighted by atomic mass is 79.9. The molecule has 84 valence electrons. The highest BCUT2D eigenvalue weighted by Gasteiger charge is 2.17. The predicted octanol–water partition coefficient (Wildman–Crippen LogP) is 4.55. The third kappa shape index (κ3) is 2.33. The molecule has 1 nitrogen and oxygen atoms in total. The van der Waals surface area contributed by atoms with E-state index in [-0.39, 0.29) is 0 Å². The molecule has 0 spiro atoms. The second-order valence-electron chi connectivity index (χ2n) is 3.54. The van der Waals surface area contributed by atoms with Gasteiger partial charge in [0.2, 0.25) is 0 Å². The van der Waals surface area contributed by atoms with Crippen LogP contribution < -0.4 is 0 Å². The van der Waals surface area contributed by atoms with Gasteiger partial charge in [0.25, 0.3) is 0 Å². The van der Waals surface area contributed by atoms with Crippen molar-refractivity contribution in [3.05, 3.63) is 55.1 Å². The van der Waals surface area contributed by atoms with Gasteiger partial charge in [0, 0.05) is 19.9 Å². The molecular formula is C12H10BrClOS. The van der Waals surface area contributed by atoms with Crippen LogP contribution in [0.15, 0.2) is 34.1 Å². The molecule has 0 aliphatic heterocycles. The van der Waals surface area contributed by atoms with E-state index in [1.807, 2.05) is 24.4 Å². The van der Waals surface area contributed by atoms with E-state index in [9.17, 15) is 5.11 Å². The zero-order valence-corrected chi connectivity index (χ0v) is 11.7. The summed E-state index contributed by atoms with van der Waals surface area (Å²) in [5.41, 5.74) is 1.91. The first kappa shape index (κ1) is 12.1. The van der Waals surface area contributed by atoms with Crippen molar-refractivity contribution in [3.8, 4) is 0 Å². The van der Waals surface area contributed by atoms with E-state index < -0.39 is 6.10 Å². The van der Waals surface area contributed by atoms with Gasteiger partial charge in [-0.2, -0.15) is 0 Å². The summed E-state index contributed by atoms with van der Waals surface area (Å²) in [5.74, 6) is 0. The van der Waals surface area contributed by atoms with E-state index in [0.29, 0.717) is 5.02 Å². The smallest absolute Gasteiger partial charge is 0.115 e. The summed E-state index contributed by atoms with van der Waals surface area (Å²) < 4.78 is 0.872. The Morgan fingerprint density at radius 3 is 2.75 bits per heavy atom. The van der Waals surface area contributed by atoms with Crippen LogP contribution in [0, 0.1) is 6.92 Å². The standard InChI is InChI=1S/C12H10BrClOS/c1-7-4-5-16-12(7)11(15)9-6-8(14)2-3-10(9)13/h2-6,11,15H,1H3. The minimum atomic E-state index is -0.618. The lowest BCUT2D eigenvalue weighted by molar-refractivity contribution is 0.222. The molecule has 0 amide bonds. The molecule has 2 aromatic rings. The van der Waals surface area contributed by atoms with Crippen molar-refractivity contribution in [2.75, 3.05) is 0 Å². The summed E-state index contributed by atoms with van der Waals surface area (Å²) in [5, 5.41) is 12.9. The van der Waals surface area contributed by atoms with Gasteiger partial charge in [0.15, 0.2) is 0 Å². The number of halogens is 2. The van der Waals surface area contributed by atoms with Gasteiger partial charge in [-0.1, -0.05) is 27.5 Å². The molecular weight excluding hydrogens is 308 g/mol. The van der Waals surface area contributed by atoms with Crippen molar-refractivity contribution < 1.29 is 5.11 Å². The van der Waals surface area contributed by atoms with Gasteiger partial charge in [-0.25, -0.2) is 0 Å². The SMILES string of the molecule is Cc1ccsc1C(O)c1cc(Cl)ccc1Br. The van der Waals surface area contributed by atoms with Crippen LogP contribution in [0.5, 0.6) is 0 Å². The van der Waals surface area contributed by atoms with Gasteiger partial charge in [0.1, 0.15) is 6.10 Å². The fourth-order valence-electron chi connectivity index (χ4n) is 1.53. The molecule has 0 saturated heterocycles. The van der Waals surface area contributed by atoms with Gasteiger partial charge < -0.3 is 5.11 Å². The van der Waals surface area contributed by atoms with Crippen LogP contribution in [0.1, 0.15) is 22.1 Å². The van der Waals surface area contributed by atoms with Crippen LogP contribution >= 0.6 is 38.9 Å². The molecule has 0 bridgehead atoms. The van der Waals surface area contributed by atoms with Crippen LogP contribution in [0.3, 0.4) is 0 Å². The number of aliphatic hydroxyl groups is 1. The van der Waals surface area contributed by atoms with Gasteiger partial charge in [-0.3, -0.25) is 0 Å². The molecule has 0 aliphatic rings. The largest absolute Gasteiger partial charge is 0.383 e. The van der Waals surface area contributed by atoms with E-state index in [1.165, 1.54) is 0 Å². The van der Waals surface area contributed by atoms with E-state index >= 15 is 0 Å². The van der Waals surface area contributed by atoms with E-state index in [2.05, 4.69) is 15.9 Å². The Bertz CT molecular complexity index is 509. The Kier molecular flexibility index (Phi) is 3.70. The number of thiophene rings is 1. The van der Waals surface area contributed by atoms with Crippen LogP contribution in [-0.2, 0) is 0 Å². The highest BCUT2D eigenvalue weighted by Crippen LogP contribution is 2.34. The second-order valence-corrected chi connectivity index (χ2v) is 5.77. The lowest BCUT2D eigenvalue weighted by atomic mass is 10.1. The quantitative estimate of drug-likeness (QED) is 0.861. The maximum atomic E-state index is 10.3. The topological polar surface area (TPSA) is 20.2 Å². The number of hydrogen-bond acceptors (Lipinski definition) is 2. The number of aryl methyl sites for hydroxylation is 1. The minimum Gasteiger partial charge on any atom is -0.383 e. The summed E-state index contributed by atoms with van der Waals surface area (Å²) in [4.78, 5) is 0.961. The Balaban J connectivity index is 2.45. The molecule has 2 rings (SSSR count). The van der Waals surface area contributed by atoms with Crippen molar-refractivity contribution in [2.24, 2.45) is 0 Å². The molecule has 1 heterocycles. The summed E-state index contributed by atoms with van der Waals surface area (Å²) >= 11 is 10.9. The Morgan fingerprint density at radius 1 is 1.38 bits per heavy atom. The van der Waals surface area contributed by atoms with Crippen LogP contribution in [0.2, 0.25) is 5.02 Å². The number of aliphatic hydroxyl groups excluding tert-OH is 1. The average Bonchev–Trinajstić information content (AvgIpc) is 2.67. The van der Waals surface area contributed by atoms with E-state index in [0.717, 1.165) is 20.5 Å². The molecule has 0 aliphatic carbocycles. The Morgan fingerprint density at radius 2 is 2.12 bits per heavy atom. The summed E-state index contributed by atoms with van der Waals surface area (Å²) in [6, 6.07) is 7.43. The lowest BCUT2D eigenvalue weighted by Crippen LogP contribution is -1.99. The molecule has 0 saturated carbocycles. The maximum Gasteiger partial charge on any atom is 0.115 e. The summed E-state index contributed by atoms with van der Waals surface area (Å²) in [6.07, 6.45) is -0.618. The molecule has 1 atom stereocenters. The second kappa shape index (κ2) is 4.88. The fraction of sp³-hybridized carbons (Fsp3) is 0.167. The highest BCUT2D eigenvalue weighted by molar-refractivity contribution is 9.10. The first-order chi connectivity index (χ1) is 7.59. The number of hydrogen-bond donors (Lipinski definition) is 1. The molecule has 1 aromatic carbocycles. The third-order valence-electron chi connectivity index (χ3n) is 2.40. The van der Waals surface area contributed by atoms with Crippen molar-refractivity contribution >= 4 is 38.9 Å². The van der Waals surface area contributed by atoms with E-state index in [1.54, 1.807) is 23.5 Å². The van der Waals surface area contributed by atoms with Gasteiger partial charge in [0.05, 0.1) is 0 Å². The molecule has 4 heteroatoms. The first-order valence-corrected chi connectivity index (χ1v) is 6.81. The van der Waals surface area contributed by atoms with Crippen molar-refractivity contribution in [1.82, 2.24) is 0 Å². The average molecular weight is 318 g/mol. The molecule has 16 heavy (non-hydrogen) atoms. The number of rotatable bonds is 2. The van der Waals surface area contributed by atoms with E-state index in [4.69, 9.17) is 11.6 Å². The zero-order chi connectivity index (χ0) is 11.7. The van der Waals surface area contributed by atoms with Gasteiger partial charge in [-0.15, -0.1) is 11.3 Å². The van der Waals surface area contributed by atoms with Crippen molar-refractivity contribution in [1.29, 1.82) is 0 Å². The van der Waals surface area contributed by atoms with Crippen molar-refractivity contribution in [3.63, 3.8) is 0 Å².